The molecular weight excluding hydrogens is 314 g/mol. The molecule has 0 saturated carbocycles. The number of esters is 1. The number of nitrogens with one attached hydrogen (secondary N) is 2. The largest absolute Gasteiger partial charge is 0.462 e. The third-order valence-corrected chi connectivity index (χ3v) is 3.10. The fourth-order valence-corrected chi connectivity index (χ4v) is 2.00. The third kappa shape index (κ3) is 3.00. The van der Waals surface area contributed by atoms with Crippen LogP contribution in [0.15, 0.2) is 56.1 Å². The van der Waals surface area contributed by atoms with E-state index in [2.05, 4.69) is 25.6 Å². The molecule has 9 heteroatoms. The van der Waals surface area contributed by atoms with Crippen LogP contribution in [-0.2, 0) is 4.74 Å². The summed E-state index contributed by atoms with van der Waals surface area (Å²) in [7, 11) is 0. The van der Waals surface area contributed by atoms with Gasteiger partial charge in [-0.05, 0) is 6.92 Å². The number of benzene rings is 1. The van der Waals surface area contributed by atoms with Crippen molar-refractivity contribution in [2.24, 2.45) is 10.2 Å². The first-order valence-electron chi connectivity index (χ1n) is 7.09. The number of hydrogen-bond acceptors (Lipinski definition) is 7. The lowest BCUT2D eigenvalue weighted by Gasteiger charge is -1.98. The van der Waals surface area contributed by atoms with Crippen molar-refractivity contribution in [2.45, 2.75) is 6.92 Å². The number of carbonyl (C=O) groups is 1. The van der Waals surface area contributed by atoms with Crippen molar-refractivity contribution in [3.8, 4) is 11.3 Å². The summed E-state index contributed by atoms with van der Waals surface area (Å²) in [6.45, 7) is 1.91. The average Bonchev–Trinajstić information content (AvgIpc) is 3.20. The fourth-order valence-electron chi connectivity index (χ4n) is 2.00. The smallest absolute Gasteiger partial charge is 0.385 e. The Morgan fingerprint density at radius 2 is 2.08 bits per heavy atom. The van der Waals surface area contributed by atoms with Gasteiger partial charge in [-0.1, -0.05) is 30.3 Å². The van der Waals surface area contributed by atoms with Crippen LogP contribution in [0, 0.1) is 0 Å². The number of aromatic amines is 2. The Morgan fingerprint density at radius 3 is 2.83 bits per heavy atom. The first-order valence-corrected chi connectivity index (χ1v) is 7.09. The molecule has 9 nitrogen and oxygen atoms in total. The van der Waals surface area contributed by atoms with Gasteiger partial charge in [-0.25, -0.2) is 14.7 Å². The molecule has 0 fully saturated rings. The summed E-state index contributed by atoms with van der Waals surface area (Å²) in [6.07, 6.45) is 1.28. The zero-order valence-corrected chi connectivity index (χ0v) is 12.6. The van der Waals surface area contributed by atoms with Crippen LogP contribution in [0.1, 0.15) is 17.3 Å². The lowest BCUT2D eigenvalue weighted by atomic mass is 10.1. The van der Waals surface area contributed by atoms with Crippen molar-refractivity contribution in [1.82, 2.24) is 15.4 Å². The van der Waals surface area contributed by atoms with E-state index in [1.54, 1.807) is 19.1 Å². The van der Waals surface area contributed by atoms with Gasteiger partial charge in [0.05, 0.1) is 12.8 Å². The van der Waals surface area contributed by atoms with Crippen molar-refractivity contribution in [2.75, 3.05) is 6.61 Å². The highest BCUT2D eigenvalue weighted by atomic mass is 16.5. The number of nitrogens with zero attached hydrogens (tertiary/aromatic N) is 3. The lowest BCUT2D eigenvalue weighted by molar-refractivity contribution is 0.0527. The summed E-state index contributed by atoms with van der Waals surface area (Å²) in [6, 6.07) is 9.06. The van der Waals surface area contributed by atoms with E-state index in [0.29, 0.717) is 11.3 Å². The molecule has 0 spiro atoms. The van der Waals surface area contributed by atoms with Crippen LogP contribution in [0.5, 0.6) is 0 Å². The molecule has 0 saturated heterocycles. The van der Waals surface area contributed by atoms with Gasteiger partial charge in [0, 0.05) is 5.56 Å². The Hall–Kier alpha value is -3.49. The highest BCUT2D eigenvalue weighted by Gasteiger charge is 2.17. The van der Waals surface area contributed by atoms with Crippen molar-refractivity contribution < 1.29 is 14.1 Å². The molecule has 122 valence electrons. The standard InChI is InChI=1S/C15H13N5O4/c1-2-23-14(21)10-8-16-18-13(10)19-17-12-11(20-24-15(12)22)9-6-4-3-5-7-9/h3-8,20H,2H2,1H3,(H,16,18). The normalized spacial score (nSPS) is 11.0. The summed E-state index contributed by atoms with van der Waals surface area (Å²) < 4.78 is 9.68. The van der Waals surface area contributed by atoms with E-state index in [4.69, 9.17) is 9.26 Å². The predicted molar refractivity (Wildman–Crippen MR) is 83.5 cm³/mol. The first-order chi connectivity index (χ1) is 11.7. The van der Waals surface area contributed by atoms with Crippen LogP contribution >= 0.6 is 0 Å². The molecule has 0 aliphatic heterocycles. The quantitative estimate of drug-likeness (QED) is 0.550. The molecular formula is C15H13N5O4. The van der Waals surface area contributed by atoms with Crippen molar-refractivity contribution in [3.05, 3.63) is 52.5 Å². The van der Waals surface area contributed by atoms with Crippen LogP contribution < -0.4 is 5.63 Å². The maximum atomic E-state index is 11.8. The van der Waals surface area contributed by atoms with E-state index in [1.165, 1.54) is 6.20 Å². The minimum atomic E-state index is -0.671. The van der Waals surface area contributed by atoms with Gasteiger partial charge in [-0.3, -0.25) is 5.10 Å². The highest BCUT2D eigenvalue weighted by Crippen LogP contribution is 2.27. The topological polar surface area (TPSA) is 126 Å². The van der Waals surface area contributed by atoms with E-state index in [9.17, 15) is 9.59 Å². The zero-order chi connectivity index (χ0) is 16.9. The molecule has 24 heavy (non-hydrogen) atoms. The first kappa shape index (κ1) is 15.4. The molecule has 0 unspecified atom stereocenters. The molecule has 3 aromatic rings. The van der Waals surface area contributed by atoms with Crippen molar-refractivity contribution in [1.29, 1.82) is 0 Å². The van der Waals surface area contributed by atoms with Gasteiger partial charge in [0.1, 0.15) is 11.3 Å². The Morgan fingerprint density at radius 1 is 1.29 bits per heavy atom. The van der Waals surface area contributed by atoms with Crippen LogP contribution in [0.2, 0.25) is 0 Å². The molecule has 0 aliphatic carbocycles. The monoisotopic (exact) mass is 327 g/mol. The van der Waals surface area contributed by atoms with Crippen molar-refractivity contribution >= 4 is 17.5 Å². The molecule has 2 N–H and O–H groups in total. The van der Waals surface area contributed by atoms with Gasteiger partial charge in [0.25, 0.3) is 0 Å². The van der Waals surface area contributed by atoms with E-state index >= 15 is 0 Å². The van der Waals surface area contributed by atoms with Crippen LogP contribution in [0.3, 0.4) is 0 Å². The molecule has 1 aromatic carbocycles. The van der Waals surface area contributed by atoms with Gasteiger partial charge in [0.2, 0.25) is 0 Å². The minimum Gasteiger partial charge on any atom is -0.462 e. The SMILES string of the molecule is CCOC(=O)c1cn[nH]c1N=Nc1c(-c2ccccc2)[nH]oc1=O. The van der Waals surface area contributed by atoms with Crippen LogP contribution in [0.4, 0.5) is 11.5 Å². The maximum Gasteiger partial charge on any atom is 0.385 e. The second-order valence-corrected chi connectivity index (χ2v) is 4.63. The molecule has 3 rings (SSSR count). The second kappa shape index (κ2) is 6.73. The number of rotatable bonds is 5. The maximum absolute atomic E-state index is 11.8. The Labute approximate surface area is 135 Å². The minimum absolute atomic E-state index is 0.00870. The molecule has 0 amide bonds. The summed E-state index contributed by atoms with van der Waals surface area (Å²) in [4.78, 5) is 23.6. The van der Waals surface area contributed by atoms with Gasteiger partial charge < -0.3 is 9.26 Å². The molecule has 0 atom stereocenters. The number of H-pyrrole nitrogens is 2. The Kier molecular flexibility index (Phi) is 4.32. The molecule has 2 heterocycles. The highest BCUT2D eigenvalue weighted by molar-refractivity contribution is 5.93. The van der Waals surface area contributed by atoms with Crippen LogP contribution in [-0.4, -0.2) is 27.9 Å². The van der Waals surface area contributed by atoms with Gasteiger partial charge >= 0.3 is 11.6 Å². The summed E-state index contributed by atoms with van der Waals surface area (Å²) in [5, 5.41) is 16.6. The number of hydrogen-bond donors (Lipinski definition) is 2. The average molecular weight is 327 g/mol. The summed E-state index contributed by atoms with van der Waals surface area (Å²) >= 11 is 0. The fraction of sp³-hybridized carbons (Fsp3) is 0.133. The van der Waals surface area contributed by atoms with Gasteiger partial charge in [0.15, 0.2) is 11.5 Å². The Balaban J connectivity index is 1.95. The van der Waals surface area contributed by atoms with E-state index in [-0.39, 0.29) is 23.7 Å². The second-order valence-electron chi connectivity index (χ2n) is 4.63. The lowest BCUT2D eigenvalue weighted by Crippen LogP contribution is -2.03. The van der Waals surface area contributed by atoms with Crippen molar-refractivity contribution in [3.63, 3.8) is 0 Å². The van der Waals surface area contributed by atoms with Gasteiger partial charge in [-0.2, -0.15) is 5.10 Å². The predicted octanol–water partition coefficient (Wildman–Crippen LogP) is 2.95. The zero-order valence-electron chi connectivity index (χ0n) is 12.6. The summed E-state index contributed by atoms with van der Waals surface area (Å²) in [5.74, 6) is -0.488. The molecule has 2 aromatic heterocycles. The van der Waals surface area contributed by atoms with E-state index < -0.39 is 11.6 Å². The number of carbonyl (C=O) groups excluding carboxylic acids is 1. The van der Waals surface area contributed by atoms with E-state index in [1.807, 2.05) is 18.2 Å². The van der Waals surface area contributed by atoms with E-state index in [0.717, 1.165) is 0 Å². The molecule has 0 aliphatic rings. The number of azo groups is 1. The van der Waals surface area contributed by atoms with Gasteiger partial charge in [-0.15, -0.1) is 10.2 Å². The molecule has 0 bridgehead atoms. The third-order valence-electron chi connectivity index (χ3n) is 3.10. The molecule has 0 radical (unpaired) electrons. The Bertz CT molecular complexity index is 923. The summed E-state index contributed by atoms with van der Waals surface area (Å²) in [5.41, 5.74) is 0.552. The number of ether oxygens (including phenoxy) is 1. The number of aromatic nitrogens is 3. The van der Waals surface area contributed by atoms with Crippen LogP contribution in [0.25, 0.3) is 11.3 Å².